The van der Waals surface area contributed by atoms with Crippen LogP contribution in [0.2, 0.25) is 0 Å². The maximum absolute atomic E-state index is 11.2. The lowest BCUT2D eigenvalue weighted by Crippen LogP contribution is -2.40. The molecule has 2 N–H and O–H groups in total. The van der Waals surface area contributed by atoms with Gasteiger partial charge in [-0.3, -0.25) is 4.79 Å². The van der Waals surface area contributed by atoms with Gasteiger partial charge in [0.15, 0.2) is 0 Å². The van der Waals surface area contributed by atoms with Crippen LogP contribution < -0.4 is 10.6 Å². The zero-order valence-corrected chi connectivity index (χ0v) is 8.30. The maximum atomic E-state index is 11.2. The van der Waals surface area contributed by atoms with E-state index in [1.54, 1.807) is 7.11 Å². The Hall–Kier alpha value is -0.610. The summed E-state index contributed by atoms with van der Waals surface area (Å²) in [5, 5.41) is 5.99. The van der Waals surface area contributed by atoms with Crippen molar-refractivity contribution >= 4 is 5.91 Å². The summed E-state index contributed by atoms with van der Waals surface area (Å²) < 4.78 is 4.94. The van der Waals surface area contributed by atoms with Gasteiger partial charge in [-0.15, -0.1) is 0 Å². The molecule has 1 fully saturated rings. The van der Waals surface area contributed by atoms with E-state index in [9.17, 15) is 4.79 Å². The SMILES string of the molecule is COCC(C)NCC(=O)NC1CC1. The van der Waals surface area contributed by atoms with Crippen LogP contribution in [-0.4, -0.2) is 38.3 Å². The molecule has 0 radical (unpaired) electrons. The molecule has 0 heterocycles. The Morgan fingerprint density at radius 2 is 2.31 bits per heavy atom. The molecule has 1 aliphatic carbocycles. The summed E-state index contributed by atoms with van der Waals surface area (Å²) in [5.41, 5.74) is 0. The van der Waals surface area contributed by atoms with Gasteiger partial charge in [0, 0.05) is 19.2 Å². The second-order valence-corrected chi connectivity index (χ2v) is 3.58. The van der Waals surface area contributed by atoms with Crippen LogP contribution in [0, 0.1) is 0 Å². The molecule has 1 amide bonds. The zero-order chi connectivity index (χ0) is 9.68. The minimum Gasteiger partial charge on any atom is -0.383 e. The summed E-state index contributed by atoms with van der Waals surface area (Å²) in [7, 11) is 1.66. The number of ether oxygens (including phenoxy) is 1. The molecule has 4 nitrogen and oxygen atoms in total. The Bertz CT molecular complexity index is 169. The summed E-state index contributed by atoms with van der Waals surface area (Å²) >= 11 is 0. The lowest BCUT2D eigenvalue weighted by molar-refractivity contribution is -0.120. The Morgan fingerprint density at radius 1 is 1.62 bits per heavy atom. The zero-order valence-electron chi connectivity index (χ0n) is 8.30. The van der Waals surface area contributed by atoms with E-state index in [1.807, 2.05) is 6.92 Å². The van der Waals surface area contributed by atoms with E-state index < -0.39 is 0 Å². The molecule has 0 aromatic rings. The second-order valence-electron chi connectivity index (χ2n) is 3.58. The number of carbonyl (C=O) groups is 1. The number of hydrogen-bond donors (Lipinski definition) is 2. The molecule has 0 spiro atoms. The fourth-order valence-electron chi connectivity index (χ4n) is 1.08. The van der Waals surface area contributed by atoms with Crippen molar-refractivity contribution in [3.05, 3.63) is 0 Å². The van der Waals surface area contributed by atoms with Crippen molar-refractivity contribution in [2.45, 2.75) is 31.8 Å². The molecule has 0 bridgehead atoms. The minimum absolute atomic E-state index is 0.0884. The average Bonchev–Trinajstić information content (AvgIpc) is 2.85. The molecule has 4 heteroatoms. The van der Waals surface area contributed by atoms with Crippen LogP contribution in [0.5, 0.6) is 0 Å². The number of carbonyl (C=O) groups excluding carboxylic acids is 1. The molecule has 1 rings (SSSR count). The lowest BCUT2D eigenvalue weighted by atomic mass is 10.3. The first-order valence-electron chi connectivity index (χ1n) is 4.74. The molecule has 0 aliphatic heterocycles. The predicted molar refractivity (Wildman–Crippen MR) is 50.5 cm³/mol. The second kappa shape index (κ2) is 5.19. The third-order valence-electron chi connectivity index (χ3n) is 1.97. The third kappa shape index (κ3) is 4.85. The van der Waals surface area contributed by atoms with Crippen LogP contribution >= 0.6 is 0 Å². The van der Waals surface area contributed by atoms with Crippen molar-refractivity contribution in [1.29, 1.82) is 0 Å². The number of nitrogens with one attached hydrogen (secondary N) is 2. The first-order valence-corrected chi connectivity index (χ1v) is 4.74. The normalized spacial score (nSPS) is 18.3. The van der Waals surface area contributed by atoms with Crippen molar-refractivity contribution in [3.63, 3.8) is 0 Å². The van der Waals surface area contributed by atoms with E-state index in [0.717, 1.165) is 12.8 Å². The molecular weight excluding hydrogens is 168 g/mol. The van der Waals surface area contributed by atoms with Crippen LogP contribution in [0.15, 0.2) is 0 Å². The smallest absolute Gasteiger partial charge is 0.234 e. The highest BCUT2D eigenvalue weighted by Gasteiger charge is 2.22. The minimum atomic E-state index is 0.0884. The topological polar surface area (TPSA) is 50.4 Å². The predicted octanol–water partition coefficient (Wildman–Crippen LogP) is -0.110. The maximum Gasteiger partial charge on any atom is 0.234 e. The van der Waals surface area contributed by atoms with Gasteiger partial charge >= 0.3 is 0 Å². The van der Waals surface area contributed by atoms with Crippen molar-refractivity contribution in [2.24, 2.45) is 0 Å². The highest BCUT2D eigenvalue weighted by atomic mass is 16.5. The standard InChI is InChI=1S/C9H18N2O2/c1-7(6-13-2)10-5-9(12)11-8-3-4-8/h7-8,10H,3-6H2,1-2H3,(H,11,12). The van der Waals surface area contributed by atoms with E-state index in [1.165, 1.54) is 0 Å². The molecule has 1 saturated carbocycles. The van der Waals surface area contributed by atoms with E-state index in [2.05, 4.69) is 10.6 Å². The van der Waals surface area contributed by atoms with Gasteiger partial charge in [0.2, 0.25) is 5.91 Å². The van der Waals surface area contributed by atoms with Gasteiger partial charge < -0.3 is 15.4 Å². The summed E-state index contributed by atoms with van der Waals surface area (Å²) in [5.74, 6) is 0.0884. The number of rotatable bonds is 6. The van der Waals surface area contributed by atoms with Gasteiger partial charge in [-0.05, 0) is 19.8 Å². The fourth-order valence-corrected chi connectivity index (χ4v) is 1.08. The quantitative estimate of drug-likeness (QED) is 0.608. The molecule has 0 aromatic heterocycles. The summed E-state index contributed by atoms with van der Waals surface area (Å²) in [4.78, 5) is 11.2. The highest BCUT2D eigenvalue weighted by molar-refractivity contribution is 5.78. The van der Waals surface area contributed by atoms with Gasteiger partial charge in [-0.2, -0.15) is 0 Å². The van der Waals surface area contributed by atoms with Gasteiger partial charge in [0.1, 0.15) is 0 Å². The summed E-state index contributed by atoms with van der Waals surface area (Å²) in [6, 6.07) is 0.682. The summed E-state index contributed by atoms with van der Waals surface area (Å²) in [6.45, 7) is 3.02. The molecule has 0 aromatic carbocycles. The Kier molecular flexibility index (Phi) is 4.18. The van der Waals surface area contributed by atoms with E-state index in [0.29, 0.717) is 19.2 Å². The van der Waals surface area contributed by atoms with E-state index >= 15 is 0 Å². The molecule has 0 saturated heterocycles. The molecule has 1 atom stereocenters. The van der Waals surface area contributed by atoms with Crippen LogP contribution in [0.3, 0.4) is 0 Å². The number of amides is 1. The molecule has 76 valence electrons. The first kappa shape index (κ1) is 10.5. The average molecular weight is 186 g/mol. The van der Waals surface area contributed by atoms with E-state index in [-0.39, 0.29) is 11.9 Å². The Balaban J connectivity index is 1.99. The Labute approximate surface area is 79.0 Å². The number of methoxy groups -OCH3 is 1. The molecule has 1 aliphatic rings. The first-order chi connectivity index (χ1) is 6.22. The number of hydrogen-bond acceptors (Lipinski definition) is 3. The van der Waals surface area contributed by atoms with Crippen LogP contribution in [-0.2, 0) is 9.53 Å². The van der Waals surface area contributed by atoms with Gasteiger partial charge in [0.25, 0.3) is 0 Å². The van der Waals surface area contributed by atoms with Gasteiger partial charge in [0.05, 0.1) is 13.2 Å². The third-order valence-corrected chi connectivity index (χ3v) is 1.97. The van der Waals surface area contributed by atoms with E-state index in [4.69, 9.17) is 4.74 Å². The Morgan fingerprint density at radius 3 is 2.85 bits per heavy atom. The molecule has 1 unspecified atom stereocenters. The van der Waals surface area contributed by atoms with Crippen molar-refractivity contribution in [3.8, 4) is 0 Å². The summed E-state index contributed by atoms with van der Waals surface area (Å²) in [6.07, 6.45) is 2.28. The lowest BCUT2D eigenvalue weighted by Gasteiger charge is -2.12. The van der Waals surface area contributed by atoms with Gasteiger partial charge in [-0.25, -0.2) is 0 Å². The monoisotopic (exact) mass is 186 g/mol. The van der Waals surface area contributed by atoms with Crippen molar-refractivity contribution < 1.29 is 9.53 Å². The highest BCUT2D eigenvalue weighted by Crippen LogP contribution is 2.18. The largest absolute Gasteiger partial charge is 0.383 e. The van der Waals surface area contributed by atoms with Crippen LogP contribution in [0.25, 0.3) is 0 Å². The van der Waals surface area contributed by atoms with Crippen LogP contribution in [0.1, 0.15) is 19.8 Å². The van der Waals surface area contributed by atoms with Crippen molar-refractivity contribution in [1.82, 2.24) is 10.6 Å². The van der Waals surface area contributed by atoms with Crippen molar-refractivity contribution in [2.75, 3.05) is 20.3 Å². The molecule has 13 heavy (non-hydrogen) atoms. The van der Waals surface area contributed by atoms with Gasteiger partial charge in [-0.1, -0.05) is 0 Å². The molecular formula is C9H18N2O2. The van der Waals surface area contributed by atoms with Crippen LogP contribution in [0.4, 0.5) is 0 Å². The fraction of sp³-hybridized carbons (Fsp3) is 0.889.